The minimum absolute atomic E-state index is 0.140. The van der Waals surface area contributed by atoms with Gasteiger partial charge in [0.1, 0.15) is 11.1 Å². The minimum atomic E-state index is -0.140. The van der Waals surface area contributed by atoms with Crippen molar-refractivity contribution < 1.29 is 4.79 Å². The summed E-state index contributed by atoms with van der Waals surface area (Å²) in [5.74, 6) is 0.498. The van der Waals surface area contributed by atoms with Crippen LogP contribution in [0.4, 0.5) is 5.00 Å². The van der Waals surface area contributed by atoms with E-state index < -0.39 is 0 Å². The van der Waals surface area contributed by atoms with Crippen molar-refractivity contribution in [1.82, 2.24) is 20.2 Å². The van der Waals surface area contributed by atoms with Crippen LogP contribution in [-0.2, 0) is 24.2 Å². The summed E-state index contributed by atoms with van der Waals surface area (Å²) >= 11 is 2.85. The Kier molecular flexibility index (Phi) is 5.71. The number of nitrogens with one attached hydrogen (secondary N) is 1. The summed E-state index contributed by atoms with van der Waals surface area (Å²) in [6.45, 7) is 4.89. The third kappa shape index (κ3) is 4.19. The standard InChI is InChI=1S/C16H20N6OS2/c1-10(2)8-22-16(19-20-21-22)24-9-14(23)18-15-12(7-17)11-5-3-4-6-13(11)25-15/h10H,3-6,8-9H2,1-2H3,(H,18,23). The van der Waals surface area contributed by atoms with Crippen molar-refractivity contribution in [2.75, 3.05) is 11.1 Å². The van der Waals surface area contributed by atoms with Crippen molar-refractivity contribution >= 4 is 34.0 Å². The van der Waals surface area contributed by atoms with E-state index in [0.29, 0.717) is 28.2 Å². The number of nitriles is 1. The Balaban J connectivity index is 1.63. The molecule has 3 rings (SSSR count). The van der Waals surface area contributed by atoms with Gasteiger partial charge < -0.3 is 5.32 Å². The third-order valence-electron chi connectivity index (χ3n) is 3.91. The molecule has 25 heavy (non-hydrogen) atoms. The molecule has 0 aromatic carbocycles. The van der Waals surface area contributed by atoms with Gasteiger partial charge in [-0.15, -0.1) is 16.4 Å². The van der Waals surface area contributed by atoms with Gasteiger partial charge in [-0.2, -0.15) is 5.26 Å². The molecule has 2 aromatic heterocycles. The third-order valence-corrected chi connectivity index (χ3v) is 6.07. The molecule has 2 heterocycles. The Morgan fingerprint density at radius 2 is 2.24 bits per heavy atom. The molecule has 0 aliphatic heterocycles. The van der Waals surface area contributed by atoms with E-state index in [9.17, 15) is 10.1 Å². The molecule has 0 spiro atoms. The van der Waals surface area contributed by atoms with Gasteiger partial charge in [0, 0.05) is 11.4 Å². The number of aryl methyl sites for hydroxylation is 1. The zero-order chi connectivity index (χ0) is 17.8. The van der Waals surface area contributed by atoms with Crippen molar-refractivity contribution in [3.05, 3.63) is 16.0 Å². The van der Waals surface area contributed by atoms with E-state index in [2.05, 4.69) is 40.8 Å². The van der Waals surface area contributed by atoms with Crippen LogP contribution < -0.4 is 5.32 Å². The molecule has 1 aliphatic carbocycles. The second-order valence-corrected chi connectivity index (χ2v) is 8.45. The number of thioether (sulfide) groups is 1. The van der Waals surface area contributed by atoms with Crippen molar-refractivity contribution in [1.29, 1.82) is 5.26 Å². The SMILES string of the molecule is CC(C)Cn1nnnc1SCC(=O)Nc1sc2c(c1C#N)CCCC2. The Morgan fingerprint density at radius 1 is 1.44 bits per heavy atom. The van der Waals surface area contributed by atoms with Crippen LogP contribution in [0.25, 0.3) is 0 Å². The maximum Gasteiger partial charge on any atom is 0.235 e. The molecule has 0 atom stereocenters. The number of fused-ring (bicyclic) bond motifs is 1. The first-order chi connectivity index (χ1) is 12.1. The van der Waals surface area contributed by atoms with Gasteiger partial charge >= 0.3 is 0 Å². The lowest BCUT2D eigenvalue weighted by molar-refractivity contribution is -0.113. The number of anilines is 1. The van der Waals surface area contributed by atoms with E-state index in [1.807, 2.05) is 0 Å². The van der Waals surface area contributed by atoms with Gasteiger partial charge in [0.15, 0.2) is 0 Å². The first kappa shape index (κ1) is 17.9. The number of tetrazole rings is 1. The highest BCUT2D eigenvalue weighted by molar-refractivity contribution is 7.99. The van der Waals surface area contributed by atoms with E-state index in [-0.39, 0.29) is 11.7 Å². The maximum absolute atomic E-state index is 12.3. The molecular weight excluding hydrogens is 356 g/mol. The molecule has 0 saturated carbocycles. The Labute approximate surface area is 154 Å². The Morgan fingerprint density at radius 3 is 3.00 bits per heavy atom. The Bertz CT molecular complexity index is 804. The van der Waals surface area contributed by atoms with Gasteiger partial charge in [-0.05, 0) is 47.6 Å². The number of hydrogen-bond acceptors (Lipinski definition) is 7. The number of thiophene rings is 1. The van der Waals surface area contributed by atoms with Crippen LogP contribution in [0.5, 0.6) is 0 Å². The summed E-state index contributed by atoms with van der Waals surface area (Å²) in [6, 6.07) is 2.26. The molecule has 0 unspecified atom stereocenters. The van der Waals surface area contributed by atoms with Gasteiger partial charge in [0.25, 0.3) is 0 Å². The average Bonchev–Trinajstić information content (AvgIpc) is 3.15. The van der Waals surface area contributed by atoms with Crippen LogP contribution in [0, 0.1) is 17.2 Å². The summed E-state index contributed by atoms with van der Waals surface area (Å²) in [6.07, 6.45) is 4.20. The zero-order valence-corrected chi connectivity index (χ0v) is 15.9. The van der Waals surface area contributed by atoms with E-state index >= 15 is 0 Å². The van der Waals surface area contributed by atoms with Gasteiger partial charge in [-0.3, -0.25) is 4.79 Å². The molecule has 7 nitrogen and oxygen atoms in total. The highest BCUT2D eigenvalue weighted by Gasteiger charge is 2.22. The largest absolute Gasteiger partial charge is 0.316 e. The van der Waals surface area contributed by atoms with E-state index in [0.717, 1.165) is 31.2 Å². The molecule has 0 radical (unpaired) electrons. The summed E-state index contributed by atoms with van der Waals surface area (Å²) < 4.78 is 1.72. The predicted molar refractivity (Wildman–Crippen MR) is 97.7 cm³/mol. The lowest BCUT2D eigenvalue weighted by Gasteiger charge is -2.09. The summed E-state index contributed by atoms with van der Waals surface area (Å²) in [7, 11) is 0. The smallest absolute Gasteiger partial charge is 0.235 e. The molecule has 9 heteroatoms. The van der Waals surface area contributed by atoms with E-state index in [1.165, 1.54) is 16.6 Å². The molecule has 0 saturated heterocycles. The van der Waals surface area contributed by atoms with Gasteiger partial charge in [-0.25, -0.2) is 4.68 Å². The average molecular weight is 377 g/mol. The monoisotopic (exact) mass is 376 g/mol. The molecule has 1 aliphatic rings. The van der Waals surface area contributed by atoms with Crippen LogP contribution >= 0.6 is 23.1 Å². The zero-order valence-electron chi connectivity index (χ0n) is 14.3. The first-order valence-corrected chi connectivity index (χ1v) is 10.1. The number of aromatic nitrogens is 4. The molecule has 2 aromatic rings. The van der Waals surface area contributed by atoms with Crippen molar-refractivity contribution in [2.24, 2.45) is 5.92 Å². The second kappa shape index (κ2) is 7.97. The van der Waals surface area contributed by atoms with Gasteiger partial charge in [0.05, 0.1) is 11.3 Å². The fourth-order valence-corrected chi connectivity index (χ4v) is 4.77. The predicted octanol–water partition coefficient (Wildman–Crippen LogP) is 2.87. The number of rotatable bonds is 6. The van der Waals surface area contributed by atoms with Gasteiger partial charge in [0.2, 0.25) is 11.1 Å². The molecule has 1 N–H and O–H groups in total. The lowest BCUT2D eigenvalue weighted by atomic mass is 9.96. The second-order valence-electron chi connectivity index (χ2n) is 6.40. The highest BCUT2D eigenvalue weighted by atomic mass is 32.2. The fourth-order valence-electron chi connectivity index (χ4n) is 2.83. The first-order valence-electron chi connectivity index (χ1n) is 8.32. The lowest BCUT2D eigenvalue weighted by Crippen LogP contribution is -2.15. The number of hydrogen-bond donors (Lipinski definition) is 1. The highest BCUT2D eigenvalue weighted by Crippen LogP contribution is 2.37. The van der Waals surface area contributed by atoms with E-state index in [4.69, 9.17) is 0 Å². The number of nitrogens with zero attached hydrogens (tertiary/aromatic N) is 5. The number of carbonyl (C=O) groups excluding carboxylic acids is 1. The topological polar surface area (TPSA) is 96.5 Å². The molecule has 0 fully saturated rings. The van der Waals surface area contributed by atoms with Crippen LogP contribution in [0.3, 0.4) is 0 Å². The maximum atomic E-state index is 12.3. The van der Waals surface area contributed by atoms with Crippen LogP contribution in [0.15, 0.2) is 5.16 Å². The summed E-state index contributed by atoms with van der Waals surface area (Å²) in [5.41, 5.74) is 1.77. The normalized spacial score (nSPS) is 13.5. The number of amides is 1. The fraction of sp³-hybridized carbons (Fsp3) is 0.562. The summed E-state index contributed by atoms with van der Waals surface area (Å²) in [5, 5.41) is 25.3. The molecule has 132 valence electrons. The van der Waals surface area contributed by atoms with Crippen LogP contribution in [0.1, 0.15) is 42.7 Å². The van der Waals surface area contributed by atoms with Crippen molar-refractivity contribution in [3.63, 3.8) is 0 Å². The number of carbonyl (C=O) groups is 1. The molecule has 1 amide bonds. The van der Waals surface area contributed by atoms with Crippen LogP contribution in [-0.4, -0.2) is 31.9 Å². The summed E-state index contributed by atoms with van der Waals surface area (Å²) in [4.78, 5) is 13.6. The van der Waals surface area contributed by atoms with Gasteiger partial charge in [-0.1, -0.05) is 25.6 Å². The molecular formula is C16H20N6OS2. The molecule has 0 bridgehead atoms. The van der Waals surface area contributed by atoms with E-state index in [1.54, 1.807) is 16.0 Å². The minimum Gasteiger partial charge on any atom is -0.316 e. The van der Waals surface area contributed by atoms with Crippen molar-refractivity contribution in [2.45, 2.75) is 51.2 Å². The van der Waals surface area contributed by atoms with Crippen LogP contribution in [0.2, 0.25) is 0 Å². The van der Waals surface area contributed by atoms with Crippen molar-refractivity contribution in [3.8, 4) is 6.07 Å². The Hall–Kier alpha value is -1.92. The quantitative estimate of drug-likeness (QED) is 0.779.